The molecule has 0 aromatic rings. The third-order valence-corrected chi connectivity index (χ3v) is 2.68. The molecule has 1 fully saturated rings. The molecule has 0 bridgehead atoms. The highest BCUT2D eigenvalue weighted by atomic mass is 16.1. The molecule has 1 saturated heterocycles. The molecule has 3 heteroatoms. The predicted molar refractivity (Wildman–Crippen MR) is 58.0 cm³/mol. The van der Waals surface area contributed by atoms with Crippen LogP contribution >= 0.6 is 0 Å². The normalized spacial score (nSPS) is 27.7. The highest BCUT2D eigenvalue weighted by Gasteiger charge is 2.24. The number of nitrogens with one attached hydrogen (secondary N) is 2. The zero-order chi connectivity index (χ0) is 10.6. The second-order valence-electron chi connectivity index (χ2n) is 4.72. The molecule has 1 amide bonds. The van der Waals surface area contributed by atoms with Gasteiger partial charge in [-0.15, -0.1) is 0 Å². The molecule has 0 aliphatic carbocycles. The van der Waals surface area contributed by atoms with Crippen LogP contribution in [0.2, 0.25) is 0 Å². The number of hydrogen-bond donors (Lipinski definition) is 2. The van der Waals surface area contributed by atoms with E-state index < -0.39 is 0 Å². The minimum atomic E-state index is 0.227. The summed E-state index contributed by atoms with van der Waals surface area (Å²) in [5.41, 5.74) is 0. The minimum Gasteiger partial charge on any atom is -0.356 e. The van der Waals surface area contributed by atoms with Gasteiger partial charge in [0.15, 0.2) is 0 Å². The van der Waals surface area contributed by atoms with Crippen molar-refractivity contribution < 1.29 is 4.79 Å². The Balaban J connectivity index is 2.29. The maximum Gasteiger partial charge on any atom is 0.223 e. The lowest BCUT2D eigenvalue weighted by molar-refractivity contribution is -0.126. The summed E-state index contributed by atoms with van der Waals surface area (Å²) in [7, 11) is 0. The van der Waals surface area contributed by atoms with Gasteiger partial charge in [0, 0.05) is 18.5 Å². The average Bonchev–Trinajstić information content (AvgIpc) is 2.14. The summed E-state index contributed by atoms with van der Waals surface area (Å²) in [6.07, 6.45) is 1.96. The van der Waals surface area contributed by atoms with Crippen molar-refractivity contribution in [1.82, 2.24) is 10.6 Å². The Bertz CT molecular complexity index is 192. The van der Waals surface area contributed by atoms with E-state index in [-0.39, 0.29) is 11.8 Å². The van der Waals surface area contributed by atoms with Gasteiger partial charge in [0.2, 0.25) is 5.91 Å². The second-order valence-corrected chi connectivity index (χ2v) is 4.72. The molecular formula is C11H22N2O. The van der Waals surface area contributed by atoms with Gasteiger partial charge in [-0.2, -0.15) is 0 Å². The molecule has 0 aromatic carbocycles. The number of hydrogen-bond acceptors (Lipinski definition) is 2. The molecule has 0 aromatic heterocycles. The Morgan fingerprint density at radius 2 is 2.29 bits per heavy atom. The minimum absolute atomic E-state index is 0.227. The summed E-state index contributed by atoms with van der Waals surface area (Å²) >= 11 is 0. The van der Waals surface area contributed by atoms with E-state index in [4.69, 9.17) is 0 Å². The van der Waals surface area contributed by atoms with E-state index in [2.05, 4.69) is 31.4 Å². The molecule has 14 heavy (non-hydrogen) atoms. The summed E-state index contributed by atoms with van der Waals surface area (Å²) < 4.78 is 0. The molecule has 0 saturated carbocycles. The Kier molecular flexibility index (Phi) is 4.39. The predicted octanol–water partition coefficient (Wildman–Crippen LogP) is 1.15. The quantitative estimate of drug-likeness (QED) is 0.714. The van der Waals surface area contributed by atoms with Gasteiger partial charge in [0.05, 0.1) is 0 Å². The van der Waals surface area contributed by atoms with E-state index in [1.807, 2.05) is 0 Å². The smallest absolute Gasteiger partial charge is 0.223 e. The van der Waals surface area contributed by atoms with Gasteiger partial charge in [-0.3, -0.25) is 4.79 Å². The summed E-state index contributed by atoms with van der Waals surface area (Å²) in [5.74, 6) is 1.01. The second kappa shape index (κ2) is 5.35. The van der Waals surface area contributed by atoms with Crippen LogP contribution in [-0.2, 0) is 4.79 Å². The van der Waals surface area contributed by atoms with Crippen LogP contribution in [0.25, 0.3) is 0 Å². The van der Waals surface area contributed by atoms with Gasteiger partial charge >= 0.3 is 0 Å². The third-order valence-electron chi connectivity index (χ3n) is 2.68. The van der Waals surface area contributed by atoms with E-state index in [0.29, 0.717) is 12.0 Å². The van der Waals surface area contributed by atoms with Crippen molar-refractivity contribution in [1.29, 1.82) is 0 Å². The Morgan fingerprint density at radius 1 is 1.57 bits per heavy atom. The van der Waals surface area contributed by atoms with E-state index in [0.717, 1.165) is 25.9 Å². The van der Waals surface area contributed by atoms with Crippen molar-refractivity contribution >= 4 is 5.91 Å². The molecule has 0 radical (unpaired) electrons. The van der Waals surface area contributed by atoms with Crippen molar-refractivity contribution in [2.24, 2.45) is 11.8 Å². The van der Waals surface area contributed by atoms with Crippen LogP contribution in [0.4, 0.5) is 0 Å². The molecule has 82 valence electrons. The monoisotopic (exact) mass is 198 g/mol. The highest BCUT2D eigenvalue weighted by Crippen LogP contribution is 2.15. The maximum absolute atomic E-state index is 11.7. The fourth-order valence-electron chi connectivity index (χ4n) is 1.82. The summed E-state index contributed by atoms with van der Waals surface area (Å²) in [6, 6.07) is 0.485. The van der Waals surface area contributed by atoms with Crippen molar-refractivity contribution in [2.45, 2.75) is 39.7 Å². The van der Waals surface area contributed by atoms with E-state index in [9.17, 15) is 4.79 Å². The van der Waals surface area contributed by atoms with E-state index in [1.54, 1.807) is 0 Å². The Hall–Kier alpha value is -0.570. The van der Waals surface area contributed by atoms with Crippen LogP contribution < -0.4 is 10.6 Å². The van der Waals surface area contributed by atoms with Crippen LogP contribution in [-0.4, -0.2) is 25.0 Å². The largest absolute Gasteiger partial charge is 0.356 e. The molecule has 3 nitrogen and oxygen atoms in total. The van der Waals surface area contributed by atoms with Gasteiger partial charge < -0.3 is 10.6 Å². The standard InChI is InChI=1S/C11H22N2O/c1-8(2)7-13-11(14)10-4-5-12-9(3)6-10/h8-10,12H,4-7H2,1-3H3,(H,13,14). The zero-order valence-corrected chi connectivity index (χ0v) is 9.47. The number of piperidine rings is 1. The number of carbonyl (C=O) groups is 1. The van der Waals surface area contributed by atoms with Gasteiger partial charge in [0.1, 0.15) is 0 Å². The van der Waals surface area contributed by atoms with Crippen molar-refractivity contribution in [3.05, 3.63) is 0 Å². The first-order chi connectivity index (χ1) is 6.59. The van der Waals surface area contributed by atoms with Crippen molar-refractivity contribution in [2.75, 3.05) is 13.1 Å². The molecule has 1 rings (SSSR count). The van der Waals surface area contributed by atoms with Crippen LogP contribution in [0.15, 0.2) is 0 Å². The van der Waals surface area contributed by atoms with Gasteiger partial charge in [-0.1, -0.05) is 13.8 Å². The first-order valence-electron chi connectivity index (χ1n) is 5.60. The summed E-state index contributed by atoms with van der Waals surface area (Å²) in [6.45, 7) is 8.15. The Morgan fingerprint density at radius 3 is 2.86 bits per heavy atom. The maximum atomic E-state index is 11.7. The molecule has 2 N–H and O–H groups in total. The van der Waals surface area contributed by atoms with Crippen LogP contribution in [0, 0.1) is 11.8 Å². The van der Waals surface area contributed by atoms with Gasteiger partial charge in [-0.05, 0) is 32.2 Å². The summed E-state index contributed by atoms with van der Waals surface area (Å²) in [4.78, 5) is 11.7. The number of amides is 1. The fourth-order valence-corrected chi connectivity index (χ4v) is 1.82. The molecule has 1 aliphatic rings. The van der Waals surface area contributed by atoms with Crippen LogP contribution in [0.3, 0.4) is 0 Å². The SMILES string of the molecule is CC(C)CNC(=O)C1CCNC(C)C1. The van der Waals surface area contributed by atoms with Crippen LogP contribution in [0.1, 0.15) is 33.6 Å². The van der Waals surface area contributed by atoms with Crippen molar-refractivity contribution in [3.63, 3.8) is 0 Å². The molecule has 2 unspecified atom stereocenters. The number of carbonyl (C=O) groups excluding carboxylic acids is 1. The highest BCUT2D eigenvalue weighted by molar-refractivity contribution is 5.78. The molecule has 1 aliphatic heterocycles. The van der Waals surface area contributed by atoms with E-state index in [1.165, 1.54) is 0 Å². The van der Waals surface area contributed by atoms with Crippen molar-refractivity contribution in [3.8, 4) is 0 Å². The van der Waals surface area contributed by atoms with E-state index >= 15 is 0 Å². The lowest BCUT2D eigenvalue weighted by Crippen LogP contribution is -2.43. The first-order valence-corrected chi connectivity index (χ1v) is 5.60. The lowest BCUT2D eigenvalue weighted by atomic mass is 9.92. The fraction of sp³-hybridized carbons (Fsp3) is 0.909. The molecular weight excluding hydrogens is 176 g/mol. The van der Waals surface area contributed by atoms with Gasteiger partial charge in [0.25, 0.3) is 0 Å². The molecule has 0 spiro atoms. The number of rotatable bonds is 3. The summed E-state index contributed by atoms with van der Waals surface area (Å²) in [5, 5.41) is 6.36. The molecule has 2 atom stereocenters. The molecule has 1 heterocycles. The third kappa shape index (κ3) is 3.66. The first kappa shape index (κ1) is 11.5. The average molecular weight is 198 g/mol. The lowest BCUT2D eigenvalue weighted by Gasteiger charge is -2.27. The topological polar surface area (TPSA) is 41.1 Å². The van der Waals surface area contributed by atoms with Gasteiger partial charge in [-0.25, -0.2) is 0 Å². The van der Waals surface area contributed by atoms with Crippen LogP contribution in [0.5, 0.6) is 0 Å². The Labute approximate surface area is 86.6 Å². The zero-order valence-electron chi connectivity index (χ0n) is 9.47.